The average molecular weight is 237 g/mol. The summed E-state index contributed by atoms with van der Waals surface area (Å²) in [5.74, 6) is -1.42. The van der Waals surface area contributed by atoms with Crippen molar-refractivity contribution in [2.45, 2.75) is 19.3 Å². The smallest absolute Gasteiger partial charge is 0.332 e. The highest BCUT2D eigenvalue weighted by atomic mass is 16.7. The molecular weight excluding hydrogens is 222 g/mol. The lowest BCUT2D eigenvalue weighted by molar-refractivity contribution is -0.149. The van der Waals surface area contributed by atoms with Gasteiger partial charge in [-0.15, -0.1) is 0 Å². The van der Waals surface area contributed by atoms with Crippen LogP contribution in [0.4, 0.5) is 0 Å². The van der Waals surface area contributed by atoms with Gasteiger partial charge in [0, 0.05) is 6.42 Å². The molecule has 1 rings (SSSR count). The van der Waals surface area contributed by atoms with Crippen LogP contribution in [0, 0.1) is 0 Å². The molecule has 5 nitrogen and oxygen atoms in total. The van der Waals surface area contributed by atoms with Crippen LogP contribution in [0.25, 0.3) is 0 Å². The van der Waals surface area contributed by atoms with Gasteiger partial charge in [0.15, 0.2) is 6.61 Å². The van der Waals surface area contributed by atoms with Gasteiger partial charge in [-0.3, -0.25) is 9.63 Å². The predicted molar refractivity (Wildman–Crippen MR) is 61.1 cm³/mol. The lowest BCUT2D eigenvalue weighted by atomic mass is 10.1. The molecule has 0 atom stereocenters. The molecule has 0 saturated heterocycles. The number of benzene rings is 1. The monoisotopic (exact) mass is 237 g/mol. The number of rotatable bonds is 7. The third-order valence-corrected chi connectivity index (χ3v) is 2.09. The fourth-order valence-electron chi connectivity index (χ4n) is 1.33. The Morgan fingerprint density at radius 1 is 1.24 bits per heavy atom. The largest absolute Gasteiger partial charge is 0.479 e. The van der Waals surface area contributed by atoms with Gasteiger partial charge in [0.1, 0.15) is 0 Å². The second-order valence-corrected chi connectivity index (χ2v) is 3.55. The van der Waals surface area contributed by atoms with Crippen LogP contribution < -0.4 is 5.48 Å². The van der Waals surface area contributed by atoms with Crippen LogP contribution in [0.1, 0.15) is 18.4 Å². The molecule has 1 aromatic carbocycles. The molecule has 1 amide bonds. The SMILES string of the molecule is O=C(O)CONC(=O)CCCc1ccccc1. The van der Waals surface area contributed by atoms with Crippen molar-refractivity contribution in [2.75, 3.05) is 6.61 Å². The molecule has 0 aromatic heterocycles. The molecule has 92 valence electrons. The Labute approximate surface area is 99.4 Å². The number of carboxylic acid groups (broad SMARTS) is 1. The second kappa shape index (κ2) is 7.40. The first-order valence-electron chi connectivity index (χ1n) is 5.35. The molecule has 0 saturated carbocycles. The Morgan fingerprint density at radius 2 is 1.94 bits per heavy atom. The van der Waals surface area contributed by atoms with Gasteiger partial charge >= 0.3 is 5.97 Å². The minimum absolute atomic E-state index is 0.304. The van der Waals surface area contributed by atoms with Crippen molar-refractivity contribution >= 4 is 11.9 Å². The summed E-state index contributed by atoms with van der Waals surface area (Å²) in [5.41, 5.74) is 3.25. The van der Waals surface area contributed by atoms with Gasteiger partial charge < -0.3 is 5.11 Å². The molecule has 0 spiro atoms. The number of hydrogen-bond acceptors (Lipinski definition) is 3. The van der Waals surface area contributed by atoms with Crippen LogP contribution in [0.15, 0.2) is 30.3 Å². The van der Waals surface area contributed by atoms with E-state index in [-0.39, 0.29) is 5.91 Å². The van der Waals surface area contributed by atoms with E-state index in [1.54, 1.807) is 0 Å². The topological polar surface area (TPSA) is 75.6 Å². The maximum atomic E-state index is 11.2. The number of hydrogen-bond donors (Lipinski definition) is 2. The number of nitrogens with one attached hydrogen (secondary N) is 1. The second-order valence-electron chi connectivity index (χ2n) is 3.55. The Morgan fingerprint density at radius 3 is 2.59 bits per heavy atom. The van der Waals surface area contributed by atoms with E-state index in [4.69, 9.17) is 5.11 Å². The maximum Gasteiger partial charge on any atom is 0.332 e. The van der Waals surface area contributed by atoms with Crippen LogP contribution in [-0.4, -0.2) is 23.6 Å². The molecule has 2 N–H and O–H groups in total. The summed E-state index contributed by atoms with van der Waals surface area (Å²) >= 11 is 0. The van der Waals surface area contributed by atoms with E-state index < -0.39 is 12.6 Å². The number of carbonyl (C=O) groups excluding carboxylic acids is 1. The van der Waals surface area contributed by atoms with Crippen molar-refractivity contribution in [3.8, 4) is 0 Å². The Kier molecular flexibility index (Phi) is 5.74. The highest BCUT2D eigenvalue weighted by Gasteiger charge is 2.03. The summed E-state index contributed by atoms with van der Waals surface area (Å²) in [5, 5.41) is 8.27. The van der Waals surface area contributed by atoms with Gasteiger partial charge in [0.2, 0.25) is 5.91 Å². The van der Waals surface area contributed by atoms with Crippen LogP contribution in [0.5, 0.6) is 0 Å². The van der Waals surface area contributed by atoms with Crippen LogP contribution in [-0.2, 0) is 20.8 Å². The summed E-state index contributed by atoms with van der Waals surface area (Å²) in [6.45, 7) is -0.523. The normalized spacial score (nSPS) is 9.88. The molecule has 0 fully saturated rings. The zero-order chi connectivity index (χ0) is 12.5. The van der Waals surface area contributed by atoms with Crippen molar-refractivity contribution < 1.29 is 19.5 Å². The molecule has 17 heavy (non-hydrogen) atoms. The predicted octanol–water partition coefficient (Wildman–Crippen LogP) is 1.14. The number of carboxylic acids is 1. The zero-order valence-electron chi connectivity index (χ0n) is 9.39. The fourth-order valence-corrected chi connectivity index (χ4v) is 1.33. The first-order valence-corrected chi connectivity index (χ1v) is 5.35. The molecule has 0 aliphatic heterocycles. The molecule has 0 aliphatic carbocycles. The Balaban J connectivity index is 2.10. The molecule has 1 aromatic rings. The minimum atomic E-state index is -1.12. The van der Waals surface area contributed by atoms with Crippen molar-refractivity contribution in [3.63, 3.8) is 0 Å². The van der Waals surface area contributed by atoms with Crippen LogP contribution in [0.2, 0.25) is 0 Å². The quantitative estimate of drug-likeness (QED) is 0.697. The van der Waals surface area contributed by atoms with Gasteiger partial charge in [-0.1, -0.05) is 30.3 Å². The number of aliphatic carboxylic acids is 1. The first kappa shape index (κ1) is 13.2. The van der Waals surface area contributed by atoms with Gasteiger partial charge in [-0.2, -0.15) is 0 Å². The van der Waals surface area contributed by atoms with Crippen molar-refractivity contribution in [2.24, 2.45) is 0 Å². The summed E-state index contributed by atoms with van der Waals surface area (Å²) in [4.78, 5) is 25.7. The molecule has 0 radical (unpaired) electrons. The standard InChI is InChI=1S/C12H15NO4/c14-11(13-17-9-12(15)16)8-4-7-10-5-2-1-3-6-10/h1-3,5-6H,4,7-9H2,(H,13,14)(H,15,16). The van der Waals surface area contributed by atoms with Gasteiger partial charge in [0.05, 0.1) is 0 Å². The van der Waals surface area contributed by atoms with E-state index in [0.29, 0.717) is 12.8 Å². The van der Waals surface area contributed by atoms with Crippen molar-refractivity contribution in [3.05, 3.63) is 35.9 Å². The highest BCUT2D eigenvalue weighted by Crippen LogP contribution is 2.04. The van der Waals surface area contributed by atoms with Crippen LogP contribution in [0.3, 0.4) is 0 Å². The maximum absolute atomic E-state index is 11.2. The van der Waals surface area contributed by atoms with E-state index in [1.807, 2.05) is 30.3 Å². The van der Waals surface area contributed by atoms with E-state index in [9.17, 15) is 9.59 Å². The van der Waals surface area contributed by atoms with Gasteiger partial charge in [0.25, 0.3) is 0 Å². The summed E-state index contributed by atoms with van der Waals surface area (Å²) in [6, 6.07) is 9.84. The number of hydroxylamine groups is 1. The molecule has 0 bridgehead atoms. The van der Waals surface area contributed by atoms with E-state index in [2.05, 4.69) is 10.3 Å². The van der Waals surface area contributed by atoms with Gasteiger partial charge in [-0.05, 0) is 18.4 Å². The number of aryl methyl sites for hydroxylation is 1. The summed E-state index contributed by atoms with van der Waals surface area (Å²) in [6.07, 6.45) is 1.83. The van der Waals surface area contributed by atoms with Crippen LogP contribution >= 0.6 is 0 Å². The Hall–Kier alpha value is -1.88. The molecule has 0 aliphatic rings. The van der Waals surface area contributed by atoms with Gasteiger partial charge in [-0.25, -0.2) is 10.3 Å². The van der Waals surface area contributed by atoms with E-state index in [0.717, 1.165) is 6.42 Å². The van der Waals surface area contributed by atoms with E-state index in [1.165, 1.54) is 5.56 Å². The molecule has 5 heteroatoms. The lowest BCUT2D eigenvalue weighted by Crippen LogP contribution is -2.26. The first-order chi connectivity index (χ1) is 8.18. The van der Waals surface area contributed by atoms with Crippen molar-refractivity contribution in [1.82, 2.24) is 5.48 Å². The fraction of sp³-hybridized carbons (Fsp3) is 0.333. The Bertz CT molecular complexity index is 364. The van der Waals surface area contributed by atoms with Crippen molar-refractivity contribution in [1.29, 1.82) is 0 Å². The molecular formula is C12H15NO4. The lowest BCUT2D eigenvalue weighted by Gasteiger charge is -2.03. The number of carbonyl (C=O) groups is 2. The minimum Gasteiger partial charge on any atom is -0.479 e. The zero-order valence-corrected chi connectivity index (χ0v) is 9.39. The third-order valence-electron chi connectivity index (χ3n) is 2.09. The highest BCUT2D eigenvalue weighted by molar-refractivity contribution is 5.75. The summed E-state index contributed by atoms with van der Waals surface area (Å²) in [7, 11) is 0. The summed E-state index contributed by atoms with van der Waals surface area (Å²) < 4.78 is 0. The number of amides is 1. The molecule has 0 heterocycles. The third kappa shape index (κ3) is 6.32. The average Bonchev–Trinajstić information content (AvgIpc) is 2.30. The molecule has 0 unspecified atom stereocenters. The van der Waals surface area contributed by atoms with E-state index >= 15 is 0 Å².